The number of benzene rings is 1. The first-order valence-corrected chi connectivity index (χ1v) is 6.80. The van der Waals surface area contributed by atoms with Gasteiger partial charge in [0.2, 0.25) is 0 Å². The highest BCUT2D eigenvalue weighted by molar-refractivity contribution is 6.29. The van der Waals surface area contributed by atoms with Crippen LogP contribution in [0.5, 0.6) is 5.75 Å². The lowest BCUT2D eigenvalue weighted by Gasteiger charge is -2.16. The third kappa shape index (κ3) is 3.02. The number of hydrogen-bond donors (Lipinski definition) is 0. The molecule has 0 bridgehead atoms. The van der Waals surface area contributed by atoms with E-state index >= 15 is 0 Å². The zero-order chi connectivity index (χ0) is 14.7. The molecule has 0 N–H and O–H groups in total. The van der Waals surface area contributed by atoms with Crippen molar-refractivity contribution in [3.05, 3.63) is 57.2 Å². The lowest BCUT2D eigenvalue weighted by atomic mass is 10.1. The lowest BCUT2D eigenvalue weighted by molar-refractivity contribution is 0.407. The summed E-state index contributed by atoms with van der Waals surface area (Å²) in [6, 6.07) is 8.96. The number of aromatic nitrogens is 2. The second kappa shape index (κ2) is 6.09. The molecule has 1 aromatic heterocycles. The van der Waals surface area contributed by atoms with Gasteiger partial charge in [-0.15, -0.1) is 0 Å². The molecule has 0 saturated heterocycles. The van der Waals surface area contributed by atoms with Crippen LogP contribution in [0.25, 0.3) is 0 Å². The molecular formula is C15H17ClN2O2. The van der Waals surface area contributed by atoms with E-state index in [-0.39, 0.29) is 16.6 Å². The normalized spacial score (nSPS) is 10.8. The number of halogens is 1. The predicted octanol–water partition coefficient (Wildman–Crippen LogP) is 3.08. The van der Waals surface area contributed by atoms with E-state index in [0.29, 0.717) is 12.4 Å². The smallest absolute Gasteiger partial charge is 0.255 e. The quantitative estimate of drug-likeness (QED) is 0.814. The molecule has 106 valence electrons. The Morgan fingerprint density at radius 1 is 1.35 bits per heavy atom. The number of rotatable bonds is 4. The summed E-state index contributed by atoms with van der Waals surface area (Å²) >= 11 is 5.88. The van der Waals surface area contributed by atoms with E-state index in [1.165, 1.54) is 6.07 Å². The van der Waals surface area contributed by atoms with Crippen molar-refractivity contribution in [1.29, 1.82) is 0 Å². The Labute approximate surface area is 123 Å². The number of hydrogen-bond acceptors (Lipinski definition) is 3. The maximum Gasteiger partial charge on any atom is 0.255 e. The number of para-hydroxylation sites is 1. The molecule has 4 nitrogen and oxygen atoms in total. The molecule has 1 aromatic carbocycles. The molecule has 0 radical (unpaired) electrons. The van der Waals surface area contributed by atoms with Gasteiger partial charge in [-0.1, -0.05) is 43.6 Å². The van der Waals surface area contributed by atoms with Gasteiger partial charge in [-0.25, -0.2) is 4.98 Å². The van der Waals surface area contributed by atoms with E-state index in [1.807, 2.05) is 38.1 Å². The summed E-state index contributed by atoms with van der Waals surface area (Å²) < 4.78 is 6.95. The van der Waals surface area contributed by atoms with Gasteiger partial charge in [-0.3, -0.25) is 9.36 Å². The predicted molar refractivity (Wildman–Crippen MR) is 79.7 cm³/mol. The van der Waals surface area contributed by atoms with Gasteiger partial charge in [-0.05, 0) is 6.07 Å². The monoisotopic (exact) mass is 292 g/mol. The van der Waals surface area contributed by atoms with Crippen molar-refractivity contribution in [3.63, 3.8) is 0 Å². The second-order valence-corrected chi connectivity index (χ2v) is 5.22. The SMILES string of the molecule is COc1ccccc1Cn1c(C(C)C)nc(Cl)cc1=O. The van der Waals surface area contributed by atoms with Crippen molar-refractivity contribution in [1.82, 2.24) is 9.55 Å². The van der Waals surface area contributed by atoms with E-state index in [4.69, 9.17) is 16.3 Å². The Bertz CT molecular complexity index is 665. The van der Waals surface area contributed by atoms with E-state index in [9.17, 15) is 4.79 Å². The highest BCUT2D eigenvalue weighted by atomic mass is 35.5. The summed E-state index contributed by atoms with van der Waals surface area (Å²) in [4.78, 5) is 16.4. The number of methoxy groups -OCH3 is 1. The minimum Gasteiger partial charge on any atom is -0.496 e. The first-order valence-electron chi connectivity index (χ1n) is 6.42. The molecule has 5 heteroatoms. The van der Waals surface area contributed by atoms with Crippen molar-refractivity contribution < 1.29 is 4.74 Å². The van der Waals surface area contributed by atoms with Gasteiger partial charge in [0.25, 0.3) is 5.56 Å². The molecular weight excluding hydrogens is 276 g/mol. The fourth-order valence-corrected chi connectivity index (χ4v) is 2.28. The molecule has 0 unspecified atom stereocenters. The van der Waals surface area contributed by atoms with E-state index in [1.54, 1.807) is 11.7 Å². The van der Waals surface area contributed by atoms with Gasteiger partial charge >= 0.3 is 0 Å². The number of ether oxygens (including phenoxy) is 1. The molecule has 0 aliphatic rings. The van der Waals surface area contributed by atoms with Crippen LogP contribution in [0.15, 0.2) is 35.1 Å². The Hall–Kier alpha value is -1.81. The summed E-state index contributed by atoms with van der Waals surface area (Å²) in [7, 11) is 1.62. The average molecular weight is 293 g/mol. The van der Waals surface area contributed by atoms with Crippen LogP contribution in [0.4, 0.5) is 0 Å². The zero-order valence-electron chi connectivity index (χ0n) is 11.8. The van der Waals surface area contributed by atoms with Crippen LogP contribution >= 0.6 is 11.6 Å². The minimum absolute atomic E-state index is 0.108. The largest absolute Gasteiger partial charge is 0.496 e. The van der Waals surface area contributed by atoms with Gasteiger partial charge in [-0.2, -0.15) is 0 Å². The summed E-state index contributed by atoms with van der Waals surface area (Å²) in [5.41, 5.74) is 0.780. The van der Waals surface area contributed by atoms with E-state index in [2.05, 4.69) is 4.98 Å². The van der Waals surface area contributed by atoms with Crippen LogP contribution in [0.1, 0.15) is 31.2 Å². The van der Waals surface area contributed by atoms with Crippen LogP contribution in [-0.4, -0.2) is 16.7 Å². The van der Waals surface area contributed by atoms with Gasteiger partial charge < -0.3 is 4.74 Å². The third-order valence-corrected chi connectivity index (χ3v) is 3.24. The Morgan fingerprint density at radius 2 is 2.05 bits per heavy atom. The fourth-order valence-electron chi connectivity index (χ4n) is 2.10. The standard InChI is InChI=1S/C15H17ClN2O2/c1-10(2)15-17-13(16)8-14(19)18(15)9-11-6-4-5-7-12(11)20-3/h4-8,10H,9H2,1-3H3. The molecule has 2 rings (SSSR count). The van der Waals surface area contributed by atoms with Crippen LogP contribution in [0.3, 0.4) is 0 Å². The maximum absolute atomic E-state index is 12.2. The molecule has 0 fully saturated rings. The first-order chi connectivity index (χ1) is 9.52. The highest BCUT2D eigenvalue weighted by Crippen LogP contribution is 2.20. The van der Waals surface area contributed by atoms with E-state index < -0.39 is 0 Å². The highest BCUT2D eigenvalue weighted by Gasteiger charge is 2.13. The van der Waals surface area contributed by atoms with Crippen molar-refractivity contribution in [2.24, 2.45) is 0 Å². The third-order valence-electron chi connectivity index (χ3n) is 3.04. The average Bonchev–Trinajstić information content (AvgIpc) is 2.41. The summed E-state index contributed by atoms with van der Waals surface area (Å²) in [5, 5.41) is 0.231. The van der Waals surface area contributed by atoms with Gasteiger partial charge in [0.05, 0.1) is 13.7 Å². The van der Waals surface area contributed by atoms with Gasteiger partial charge in [0, 0.05) is 17.5 Å². The minimum atomic E-state index is -0.153. The molecule has 1 heterocycles. The molecule has 0 saturated carbocycles. The Balaban J connectivity index is 2.51. The lowest BCUT2D eigenvalue weighted by Crippen LogP contribution is -2.26. The molecule has 20 heavy (non-hydrogen) atoms. The molecule has 0 amide bonds. The molecule has 0 aliphatic heterocycles. The van der Waals surface area contributed by atoms with Crippen LogP contribution < -0.4 is 10.3 Å². The van der Waals surface area contributed by atoms with Crippen LogP contribution in [0.2, 0.25) is 5.15 Å². The van der Waals surface area contributed by atoms with Gasteiger partial charge in [0.1, 0.15) is 16.7 Å². The summed E-state index contributed by atoms with van der Waals surface area (Å²) in [6.45, 7) is 4.38. The van der Waals surface area contributed by atoms with E-state index in [0.717, 1.165) is 11.3 Å². The van der Waals surface area contributed by atoms with Gasteiger partial charge in [0.15, 0.2) is 0 Å². The van der Waals surface area contributed by atoms with Crippen molar-refractivity contribution >= 4 is 11.6 Å². The van der Waals surface area contributed by atoms with Crippen molar-refractivity contribution in [2.75, 3.05) is 7.11 Å². The number of nitrogens with zero attached hydrogens (tertiary/aromatic N) is 2. The molecule has 0 atom stereocenters. The maximum atomic E-state index is 12.2. The van der Waals surface area contributed by atoms with Crippen LogP contribution in [0, 0.1) is 0 Å². The Morgan fingerprint density at radius 3 is 2.70 bits per heavy atom. The second-order valence-electron chi connectivity index (χ2n) is 4.83. The zero-order valence-corrected chi connectivity index (χ0v) is 12.5. The summed E-state index contributed by atoms with van der Waals surface area (Å²) in [5.74, 6) is 1.54. The topological polar surface area (TPSA) is 44.1 Å². The molecule has 0 aliphatic carbocycles. The summed E-state index contributed by atoms with van der Waals surface area (Å²) in [6.07, 6.45) is 0. The van der Waals surface area contributed by atoms with Crippen LogP contribution in [-0.2, 0) is 6.54 Å². The molecule has 2 aromatic rings. The van der Waals surface area contributed by atoms with Crippen molar-refractivity contribution in [3.8, 4) is 5.75 Å². The fraction of sp³-hybridized carbons (Fsp3) is 0.333. The van der Waals surface area contributed by atoms with Crippen molar-refractivity contribution in [2.45, 2.75) is 26.3 Å². The molecule has 0 spiro atoms. The first kappa shape index (κ1) is 14.6. The Kier molecular flexibility index (Phi) is 4.45.